The number of methoxy groups -OCH3 is 3. The monoisotopic (exact) mass is 589 g/mol. The molecule has 4 aromatic rings. The van der Waals surface area contributed by atoms with Gasteiger partial charge in [-0.1, -0.05) is 12.1 Å². The fourth-order valence-corrected chi connectivity index (χ4v) is 4.96. The van der Waals surface area contributed by atoms with Gasteiger partial charge in [-0.3, -0.25) is 19.7 Å². The molecule has 0 spiro atoms. The number of carbonyl (C=O) groups is 2. The minimum absolute atomic E-state index is 0.251. The van der Waals surface area contributed by atoms with Crippen LogP contribution in [-0.2, 0) is 4.79 Å². The molecule has 1 N–H and O–H groups in total. The summed E-state index contributed by atoms with van der Waals surface area (Å²) in [6.07, 6.45) is 2.24. The molecule has 0 aliphatic carbocycles. The average molecular weight is 590 g/mol. The Labute approximate surface area is 245 Å². The third-order valence-corrected chi connectivity index (χ3v) is 7.11. The van der Waals surface area contributed by atoms with Crippen molar-refractivity contribution < 1.29 is 37.7 Å². The maximum atomic E-state index is 13.0. The zero-order valence-electron chi connectivity index (χ0n) is 23.1. The summed E-state index contributed by atoms with van der Waals surface area (Å²) in [5.41, 5.74) is 1.51. The normalized spacial score (nSPS) is 13.7. The van der Waals surface area contributed by atoms with Crippen LogP contribution in [0.5, 0.6) is 28.7 Å². The van der Waals surface area contributed by atoms with Gasteiger partial charge in [0.25, 0.3) is 11.1 Å². The molecule has 42 heavy (non-hydrogen) atoms. The SMILES string of the molecule is COc1ccc(-c2cc(=O)c3c(OC)cc(OCCCOc4ccc(C=C5SC(=O)NC5=O)cc4)cc3o2)cc1OC. The first kappa shape index (κ1) is 28.6. The number of ether oxygens (including phenoxy) is 5. The van der Waals surface area contributed by atoms with Gasteiger partial charge < -0.3 is 28.1 Å². The molecule has 5 rings (SSSR count). The van der Waals surface area contributed by atoms with Gasteiger partial charge in [0.15, 0.2) is 16.9 Å². The molecule has 10 nitrogen and oxygen atoms in total. The molecule has 2 heterocycles. The second-order valence-electron chi connectivity index (χ2n) is 9.02. The molecule has 0 atom stereocenters. The van der Waals surface area contributed by atoms with Gasteiger partial charge in [-0.25, -0.2) is 0 Å². The molecular formula is C31H27NO9S. The van der Waals surface area contributed by atoms with Crippen molar-refractivity contribution in [1.29, 1.82) is 0 Å². The zero-order valence-corrected chi connectivity index (χ0v) is 23.9. The van der Waals surface area contributed by atoms with Crippen molar-refractivity contribution in [2.24, 2.45) is 0 Å². The third-order valence-electron chi connectivity index (χ3n) is 6.30. The summed E-state index contributed by atoms with van der Waals surface area (Å²) >= 11 is 0.874. The molecule has 1 fully saturated rings. The summed E-state index contributed by atoms with van der Waals surface area (Å²) in [7, 11) is 4.57. The molecule has 1 aromatic heterocycles. The van der Waals surface area contributed by atoms with E-state index in [1.165, 1.54) is 20.3 Å². The molecule has 3 aromatic carbocycles. The summed E-state index contributed by atoms with van der Waals surface area (Å²) < 4.78 is 34.0. The second kappa shape index (κ2) is 12.7. The third kappa shape index (κ3) is 6.36. The van der Waals surface area contributed by atoms with Crippen LogP contribution in [0.2, 0.25) is 0 Å². The molecule has 1 aliphatic heterocycles. The van der Waals surface area contributed by atoms with Crippen LogP contribution >= 0.6 is 11.8 Å². The van der Waals surface area contributed by atoms with Gasteiger partial charge in [0, 0.05) is 30.2 Å². The lowest BCUT2D eigenvalue weighted by Gasteiger charge is -2.12. The van der Waals surface area contributed by atoms with Gasteiger partial charge in [0.05, 0.1) is 39.4 Å². The lowest BCUT2D eigenvalue weighted by atomic mass is 10.1. The highest BCUT2D eigenvalue weighted by Gasteiger charge is 2.24. The molecule has 0 bridgehead atoms. The highest BCUT2D eigenvalue weighted by Crippen LogP contribution is 2.35. The molecule has 1 aliphatic rings. The molecule has 0 unspecified atom stereocenters. The number of rotatable bonds is 11. The Morgan fingerprint density at radius 2 is 1.50 bits per heavy atom. The number of fused-ring (bicyclic) bond motifs is 1. The lowest BCUT2D eigenvalue weighted by molar-refractivity contribution is -0.115. The number of hydrogen-bond donors (Lipinski definition) is 1. The predicted molar refractivity (Wildman–Crippen MR) is 159 cm³/mol. The fourth-order valence-electron chi connectivity index (χ4n) is 4.28. The number of thioether (sulfide) groups is 1. The lowest BCUT2D eigenvalue weighted by Crippen LogP contribution is -2.17. The largest absolute Gasteiger partial charge is 0.496 e. The average Bonchev–Trinajstić information content (AvgIpc) is 3.32. The zero-order chi connectivity index (χ0) is 29.6. The smallest absolute Gasteiger partial charge is 0.290 e. The van der Waals surface area contributed by atoms with Crippen LogP contribution in [0, 0.1) is 0 Å². The highest BCUT2D eigenvalue weighted by atomic mass is 32.2. The van der Waals surface area contributed by atoms with Crippen LogP contribution in [0.15, 0.2) is 74.8 Å². The van der Waals surface area contributed by atoms with Gasteiger partial charge in [-0.05, 0) is 53.7 Å². The summed E-state index contributed by atoms with van der Waals surface area (Å²) in [6, 6.07) is 17.2. The molecule has 0 saturated carbocycles. The van der Waals surface area contributed by atoms with Crippen molar-refractivity contribution in [1.82, 2.24) is 5.32 Å². The molecule has 216 valence electrons. The van der Waals surface area contributed by atoms with E-state index in [0.29, 0.717) is 75.6 Å². The maximum absolute atomic E-state index is 13.0. The van der Waals surface area contributed by atoms with Crippen molar-refractivity contribution in [2.75, 3.05) is 34.5 Å². The Morgan fingerprint density at radius 3 is 2.17 bits per heavy atom. The standard InChI is InChI=1S/C31H27NO9S/c1-36-23-10-7-19(14-25(23)37-2)24-17-22(33)29-26(38-3)15-21(16-27(29)41-24)40-12-4-11-39-20-8-5-18(6-9-20)13-28-30(34)32-31(35)42-28/h5-10,13-17H,4,11-12H2,1-3H3,(H,32,34,35). The quantitative estimate of drug-likeness (QED) is 0.173. The number of carbonyl (C=O) groups excluding carboxylic acids is 2. The number of nitrogens with one attached hydrogen (secondary N) is 1. The van der Waals surface area contributed by atoms with Gasteiger partial charge in [0.2, 0.25) is 0 Å². The molecule has 0 radical (unpaired) electrons. The van der Waals surface area contributed by atoms with Crippen molar-refractivity contribution in [3.05, 3.63) is 81.4 Å². The van der Waals surface area contributed by atoms with Crippen LogP contribution in [-0.4, -0.2) is 45.7 Å². The first-order valence-electron chi connectivity index (χ1n) is 12.9. The van der Waals surface area contributed by atoms with Gasteiger partial charge in [-0.2, -0.15) is 0 Å². The van der Waals surface area contributed by atoms with Crippen molar-refractivity contribution in [3.63, 3.8) is 0 Å². The Bertz CT molecular complexity index is 1730. The summed E-state index contributed by atoms with van der Waals surface area (Å²) in [5.74, 6) is 2.53. The van der Waals surface area contributed by atoms with Crippen LogP contribution in [0.1, 0.15) is 12.0 Å². The summed E-state index contributed by atoms with van der Waals surface area (Å²) in [4.78, 5) is 36.4. The number of imide groups is 1. The van der Waals surface area contributed by atoms with E-state index >= 15 is 0 Å². The minimum Gasteiger partial charge on any atom is -0.496 e. The molecular weight excluding hydrogens is 562 g/mol. The highest BCUT2D eigenvalue weighted by molar-refractivity contribution is 8.18. The van der Waals surface area contributed by atoms with Gasteiger partial charge in [-0.15, -0.1) is 0 Å². The van der Waals surface area contributed by atoms with Gasteiger partial charge >= 0.3 is 0 Å². The van der Waals surface area contributed by atoms with E-state index in [1.807, 2.05) is 0 Å². The van der Waals surface area contributed by atoms with Crippen LogP contribution < -0.4 is 34.4 Å². The Balaban J connectivity index is 1.23. The van der Waals surface area contributed by atoms with Crippen LogP contribution in [0.4, 0.5) is 4.79 Å². The first-order valence-corrected chi connectivity index (χ1v) is 13.7. The van der Waals surface area contributed by atoms with E-state index in [9.17, 15) is 14.4 Å². The number of amides is 2. The van der Waals surface area contributed by atoms with Crippen molar-refractivity contribution in [3.8, 4) is 40.1 Å². The van der Waals surface area contributed by atoms with E-state index in [4.69, 9.17) is 28.1 Å². The Kier molecular flexibility index (Phi) is 8.68. The van der Waals surface area contributed by atoms with Crippen LogP contribution in [0.3, 0.4) is 0 Å². The second-order valence-corrected chi connectivity index (χ2v) is 10.0. The molecule has 11 heteroatoms. The van der Waals surface area contributed by atoms with Crippen LogP contribution in [0.25, 0.3) is 28.4 Å². The summed E-state index contributed by atoms with van der Waals surface area (Å²) in [5, 5.41) is 2.17. The Hall–Kier alpha value is -4.90. The van der Waals surface area contributed by atoms with E-state index in [0.717, 1.165) is 17.3 Å². The number of hydrogen-bond acceptors (Lipinski definition) is 10. The van der Waals surface area contributed by atoms with Gasteiger partial charge in [0.1, 0.15) is 34.0 Å². The van der Waals surface area contributed by atoms with Crippen molar-refractivity contribution >= 4 is 40.0 Å². The molecule has 1 saturated heterocycles. The Morgan fingerprint density at radius 1 is 0.786 bits per heavy atom. The topological polar surface area (TPSA) is 123 Å². The number of benzene rings is 3. The maximum Gasteiger partial charge on any atom is 0.290 e. The summed E-state index contributed by atoms with van der Waals surface area (Å²) in [6.45, 7) is 0.745. The van der Waals surface area contributed by atoms with E-state index in [1.54, 1.807) is 67.8 Å². The molecule has 2 amide bonds. The minimum atomic E-state index is -0.394. The van der Waals surface area contributed by atoms with E-state index in [2.05, 4.69) is 5.32 Å². The van der Waals surface area contributed by atoms with E-state index in [-0.39, 0.29) is 10.7 Å². The van der Waals surface area contributed by atoms with E-state index < -0.39 is 5.91 Å². The van der Waals surface area contributed by atoms with Crippen molar-refractivity contribution in [2.45, 2.75) is 6.42 Å². The first-order chi connectivity index (χ1) is 20.4. The fraction of sp³-hybridized carbons (Fsp3) is 0.194. The predicted octanol–water partition coefficient (Wildman–Crippen LogP) is 5.66.